The van der Waals surface area contributed by atoms with Gasteiger partial charge in [0, 0.05) is 12.6 Å². The number of nitrogens with zero attached hydrogens (tertiary/aromatic N) is 1. The molecule has 0 aromatic carbocycles. The largest absolute Gasteiger partial charge is 0.392 e. The van der Waals surface area contributed by atoms with E-state index in [0.717, 1.165) is 18.5 Å². The van der Waals surface area contributed by atoms with Crippen molar-refractivity contribution in [3.8, 4) is 0 Å². The van der Waals surface area contributed by atoms with Crippen LogP contribution in [0, 0.1) is 5.92 Å². The quantitative estimate of drug-likeness (QED) is 0.869. The van der Waals surface area contributed by atoms with Crippen LogP contribution in [0.15, 0.2) is 12.3 Å². The molecule has 1 unspecified atom stereocenters. The fourth-order valence-corrected chi connectivity index (χ4v) is 1.90. The highest BCUT2D eigenvalue weighted by Crippen LogP contribution is 2.34. The summed E-state index contributed by atoms with van der Waals surface area (Å²) in [5.74, 6) is 0.448. The monoisotopic (exact) mass is 231 g/mol. The fourth-order valence-electron chi connectivity index (χ4n) is 1.44. The highest BCUT2D eigenvalue weighted by Gasteiger charge is 2.30. The Morgan fingerprint density at radius 1 is 1.50 bits per heavy atom. The van der Waals surface area contributed by atoms with Gasteiger partial charge in [-0.3, -0.25) is 4.98 Å². The van der Waals surface area contributed by atoms with Gasteiger partial charge in [-0.2, -0.15) is 0 Å². The van der Waals surface area contributed by atoms with Crippen molar-refractivity contribution in [1.82, 2.24) is 4.98 Å². The van der Waals surface area contributed by atoms with Crippen molar-refractivity contribution in [3.05, 3.63) is 28.0 Å². The average Bonchev–Trinajstić information content (AvgIpc) is 2.92. The summed E-state index contributed by atoms with van der Waals surface area (Å²) in [7, 11) is 0. The zero-order valence-electron chi connectivity index (χ0n) is 7.58. The minimum absolute atomic E-state index is 0.304. The first-order valence-corrected chi connectivity index (χ1v) is 5.40. The van der Waals surface area contributed by atoms with Crippen molar-refractivity contribution in [1.29, 1.82) is 0 Å². The van der Waals surface area contributed by atoms with E-state index in [1.165, 1.54) is 0 Å². The number of rotatable bonds is 3. The maximum Gasteiger partial charge on any atom is 0.0637 e. The predicted octanol–water partition coefficient (Wildman–Crippen LogP) is 2.70. The highest BCUT2D eigenvalue weighted by molar-refractivity contribution is 6.34. The zero-order valence-corrected chi connectivity index (χ0v) is 9.09. The summed E-state index contributed by atoms with van der Waals surface area (Å²) < 4.78 is 0. The van der Waals surface area contributed by atoms with Crippen LogP contribution in [0.25, 0.3) is 0 Å². The Labute approximate surface area is 92.9 Å². The molecular formula is C10H11Cl2NO. The van der Waals surface area contributed by atoms with Gasteiger partial charge in [0.1, 0.15) is 0 Å². The van der Waals surface area contributed by atoms with E-state index in [2.05, 4.69) is 4.98 Å². The van der Waals surface area contributed by atoms with Gasteiger partial charge >= 0.3 is 0 Å². The minimum Gasteiger partial charge on any atom is -0.392 e. The first-order chi connectivity index (χ1) is 6.66. The van der Waals surface area contributed by atoms with Crippen LogP contribution in [-0.2, 0) is 6.42 Å². The number of aliphatic hydroxyl groups excluding tert-OH is 1. The molecule has 76 valence electrons. The van der Waals surface area contributed by atoms with Crippen molar-refractivity contribution in [3.63, 3.8) is 0 Å². The number of pyridine rings is 1. The number of aromatic nitrogens is 1. The molecule has 1 heterocycles. The van der Waals surface area contributed by atoms with E-state index in [1.54, 1.807) is 12.3 Å². The molecule has 1 saturated carbocycles. The summed E-state index contributed by atoms with van der Waals surface area (Å²) >= 11 is 11.7. The molecule has 1 aromatic heterocycles. The molecule has 0 aliphatic heterocycles. The van der Waals surface area contributed by atoms with Gasteiger partial charge in [-0.1, -0.05) is 23.2 Å². The number of halogens is 2. The van der Waals surface area contributed by atoms with Crippen LogP contribution in [0.3, 0.4) is 0 Å². The molecule has 1 aliphatic rings. The van der Waals surface area contributed by atoms with E-state index < -0.39 is 0 Å². The lowest BCUT2D eigenvalue weighted by atomic mass is 10.1. The van der Waals surface area contributed by atoms with E-state index in [1.807, 2.05) is 0 Å². The van der Waals surface area contributed by atoms with Gasteiger partial charge in [0.05, 0.1) is 21.8 Å². The van der Waals surface area contributed by atoms with E-state index in [4.69, 9.17) is 23.2 Å². The predicted molar refractivity (Wildman–Crippen MR) is 56.7 cm³/mol. The van der Waals surface area contributed by atoms with Crippen LogP contribution in [0.5, 0.6) is 0 Å². The lowest BCUT2D eigenvalue weighted by molar-refractivity contribution is 0.150. The number of hydrogen-bond donors (Lipinski definition) is 1. The Hall–Kier alpha value is -0.310. The first-order valence-electron chi connectivity index (χ1n) is 4.65. The molecule has 1 atom stereocenters. The van der Waals surface area contributed by atoms with Gasteiger partial charge in [-0.05, 0) is 24.8 Å². The minimum atomic E-state index is -0.304. The Balaban J connectivity index is 2.07. The molecule has 1 fully saturated rings. The molecule has 0 radical (unpaired) electrons. The summed E-state index contributed by atoms with van der Waals surface area (Å²) in [5.41, 5.74) is 0.732. The summed E-state index contributed by atoms with van der Waals surface area (Å²) in [6, 6.07) is 1.66. The highest BCUT2D eigenvalue weighted by atomic mass is 35.5. The first kappa shape index (κ1) is 10.2. The summed E-state index contributed by atoms with van der Waals surface area (Å²) in [6.45, 7) is 0. The molecule has 2 rings (SSSR count). The van der Waals surface area contributed by atoms with Crippen molar-refractivity contribution < 1.29 is 5.11 Å². The smallest absolute Gasteiger partial charge is 0.0637 e. The van der Waals surface area contributed by atoms with Gasteiger partial charge < -0.3 is 5.11 Å². The standard InChI is InChI=1S/C10H11Cl2NO/c11-7-3-8(12)9(13-5-7)4-10(14)6-1-2-6/h3,5-6,10,14H,1-2,4H2. The van der Waals surface area contributed by atoms with Crippen molar-refractivity contribution >= 4 is 23.2 Å². The third kappa shape index (κ3) is 2.38. The van der Waals surface area contributed by atoms with Crippen LogP contribution >= 0.6 is 23.2 Å². The average molecular weight is 232 g/mol. The molecule has 1 aliphatic carbocycles. The van der Waals surface area contributed by atoms with Gasteiger partial charge in [-0.25, -0.2) is 0 Å². The Kier molecular flexibility index (Phi) is 2.96. The second-order valence-corrected chi connectivity index (χ2v) is 4.53. The van der Waals surface area contributed by atoms with Crippen LogP contribution in [0.1, 0.15) is 18.5 Å². The van der Waals surface area contributed by atoms with Crippen LogP contribution in [0.4, 0.5) is 0 Å². The zero-order chi connectivity index (χ0) is 10.1. The molecule has 0 bridgehead atoms. The number of aliphatic hydroxyl groups is 1. The van der Waals surface area contributed by atoms with Crippen LogP contribution in [0.2, 0.25) is 10.0 Å². The maximum absolute atomic E-state index is 9.70. The SMILES string of the molecule is OC(Cc1ncc(Cl)cc1Cl)C1CC1. The van der Waals surface area contributed by atoms with Crippen LogP contribution < -0.4 is 0 Å². The normalized spacial score (nSPS) is 18.2. The van der Waals surface area contributed by atoms with Crippen LogP contribution in [-0.4, -0.2) is 16.2 Å². The topological polar surface area (TPSA) is 33.1 Å². The van der Waals surface area contributed by atoms with Crippen molar-refractivity contribution in [2.24, 2.45) is 5.92 Å². The molecular weight excluding hydrogens is 221 g/mol. The second-order valence-electron chi connectivity index (χ2n) is 3.69. The van der Waals surface area contributed by atoms with Crippen molar-refractivity contribution in [2.45, 2.75) is 25.4 Å². The van der Waals surface area contributed by atoms with E-state index in [9.17, 15) is 5.11 Å². The van der Waals surface area contributed by atoms with Gasteiger partial charge in [0.2, 0.25) is 0 Å². The molecule has 1 aromatic rings. The molecule has 2 nitrogen and oxygen atoms in total. The second kappa shape index (κ2) is 4.05. The molecule has 4 heteroatoms. The summed E-state index contributed by atoms with van der Waals surface area (Å²) in [4.78, 5) is 4.10. The summed E-state index contributed by atoms with van der Waals surface area (Å²) in [6.07, 6.45) is 4.02. The van der Waals surface area contributed by atoms with Gasteiger partial charge in [-0.15, -0.1) is 0 Å². The van der Waals surface area contributed by atoms with E-state index in [0.29, 0.717) is 22.4 Å². The Morgan fingerprint density at radius 3 is 2.79 bits per heavy atom. The molecule has 0 saturated heterocycles. The third-order valence-corrected chi connectivity index (χ3v) is 2.99. The maximum atomic E-state index is 9.70. The van der Waals surface area contributed by atoms with Gasteiger partial charge in [0.15, 0.2) is 0 Å². The summed E-state index contributed by atoms with van der Waals surface area (Å²) in [5, 5.41) is 10.8. The van der Waals surface area contributed by atoms with Crippen molar-refractivity contribution in [2.75, 3.05) is 0 Å². The number of hydrogen-bond acceptors (Lipinski definition) is 2. The van der Waals surface area contributed by atoms with E-state index in [-0.39, 0.29) is 6.10 Å². The Morgan fingerprint density at radius 2 is 2.21 bits per heavy atom. The molecule has 14 heavy (non-hydrogen) atoms. The fraction of sp³-hybridized carbons (Fsp3) is 0.500. The van der Waals surface area contributed by atoms with E-state index >= 15 is 0 Å². The third-order valence-electron chi connectivity index (χ3n) is 2.45. The lowest BCUT2D eigenvalue weighted by Crippen LogP contribution is -2.13. The molecule has 0 amide bonds. The molecule has 1 N–H and O–H groups in total. The Bertz CT molecular complexity index is 339. The lowest BCUT2D eigenvalue weighted by Gasteiger charge is -2.09. The van der Waals surface area contributed by atoms with Gasteiger partial charge in [0.25, 0.3) is 0 Å². The molecule has 0 spiro atoms.